The molecule has 0 N–H and O–H groups in total. The lowest BCUT2D eigenvalue weighted by molar-refractivity contribution is -0.141. The molecule has 0 atom stereocenters. The van der Waals surface area contributed by atoms with Gasteiger partial charge >= 0.3 is 0 Å². The number of carbonyl (C=O) groups is 2. The Hall–Kier alpha value is -3.37. The molecule has 2 aromatic carbocycles. The van der Waals surface area contributed by atoms with E-state index in [2.05, 4.69) is 17.0 Å². The maximum absolute atomic E-state index is 12.6. The van der Waals surface area contributed by atoms with Crippen LogP contribution in [0.4, 0.5) is 0 Å². The summed E-state index contributed by atoms with van der Waals surface area (Å²) in [6.45, 7) is 3.61. The summed E-state index contributed by atoms with van der Waals surface area (Å²) in [7, 11) is 1.59. The molecule has 0 spiro atoms. The van der Waals surface area contributed by atoms with Crippen molar-refractivity contribution in [1.82, 2.24) is 14.7 Å². The lowest BCUT2D eigenvalue weighted by Gasteiger charge is -2.35. The Morgan fingerprint density at radius 3 is 2.40 bits per heavy atom. The van der Waals surface area contributed by atoms with E-state index < -0.39 is 0 Å². The van der Waals surface area contributed by atoms with E-state index in [-0.39, 0.29) is 25.0 Å². The standard InChI is InChI=1S/C23H26N4O3/c1-25(23(29)18-30-21-10-6-5-9-20(21)15-24)17-22(28)27-13-11-26(12-14-27)16-19-7-3-2-4-8-19/h2-10H,11-14,16-18H2,1H3. The van der Waals surface area contributed by atoms with Gasteiger partial charge in [0.25, 0.3) is 5.91 Å². The highest BCUT2D eigenvalue weighted by molar-refractivity contribution is 5.85. The van der Waals surface area contributed by atoms with E-state index in [0.29, 0.717) is 24.4 Å². The van der Waals surface area contributed by atoms with E-state index in [1.54, 1.807) is 36.2 Å². The van der Waals surface area contributed by atoms with Gasteiger partial charge in [-0.3, -0.25) is 14.5 Å². The second-order valence-corrected chi connectivity index (χ2v) is 7.29. The van der Waals surface area contributed by atoms with Gasteiger partial charge in [0.15, 0.2) is 6.61 Å². The predicted molar refractivity (Wildman–Crippen MR) is 113 cm³/mol. The smallest absolute Gasteiger partial charge is 0.260 e. The van der Waals surface area contributed by atoms with Gasteiger partial charge in [0.1, 0.15) is 11.8 Å². The first-order valence-electron chi connectivity index (χ1n) is 9.97. The fraction of sp³-hybridized carbons (Fsp3) is 0.348. The van der Waals surface area contributed by atoms with E-state index in [9.17, 15) is 9.59 Å². The zero-order chi connectivity index (χ0) is 21.3. The number of nitrogens with zero attached hydrogens (tertiary/aromatic N) is 4. The second kappa shape index (κ2) is 10.4. The molecule has 1 aliphatic heterocycles. The van der Waals surface area contributed by atoms with Crippen molar-refractivity contribution >= 4 is 11.8 Å². The van der Waals surface area contributed by atoms with E-state index >= 15 is 0 Å². The van der Waals surface area contributed by atoms with Crippen LogP contribution in [0.1, 0.15) is 11.1 Å². The summed E-state index contributed by atoms with van der Waals surface area (Å²) in [5.74, 6) is -0.0101. The maximum Gasteiger partial charge on any atom is 0.260 e. The Balaban J connectivity index is 1.42. The fourth-order valence-electron chi connectivity index (χ4n) is 3.32. The van der Waals surface area contributed by atoms with Crippen molar-refractivity contribution in [2.24, 2.45) is 0 Å². The highest BCUT2D eigenvalue weighted by Gasteiger charge is 2.23. The van der Waals surface area contributed by atoms with Crippen molar-refractivity contribution in [3.8, 4) is 11.8 Å². The number of carbonyl (C=O) groups excluding carboxylic acids is 2. The number of nitriles is 1. The first kappa shape index (κ1) is 21.3. The molecule has 0 aromatic heterocycles. The lowest BCUT2D eigenvalue weighted by Crippen LogP contribution is -2.51. The van der Waals surface area contributed by atoms with Crippen molar-refractivity contribution in [1.29, 1.82) is 5.26 Å². The molecule has 3 rings (SSSR count). The van der Waals surface area contributed by atoms with Gasteiger partial charge < -0.3 is 14.5 Å². The Labute approximate surface area is 177 Å². The van der Waals surface area contributed by atoms with Crippen molar-refractivity contribution in [3.63, 3.8) is 0 Å². The van der Waals surface area contributed by atoms with Crippen molar-refractivity contribution in [2.45, 2.75) is 6.54 Å². The van der Waals surface area contributed by atoms with Gasteiger partial charge in [-0.05, 0) is 17.7 Å². The van der Waals surface area contributed by atoms with Crippen LogP contribution in [0.5, 0.6) is 5.75 Å². The van der Waals surface area contributed by atoms with E-state index in [1.165, 1.54) is 10.5 Å². The van der Waals surface area contributed by atoms with Crippen molar-refractivity contribution in [2.75, 3.05) is 46.4 Å². The molecule has 0 bridgehead atoms. The van der Waals surface area contributed by atoms with Gasteiger partial charge in [-0.15, -0.1) is 0 Å². The van der Waals surface area contributed by atoms with Crippen LogP contribution in [0.2, 0.25) is 0 Å². The Bertz CT molecular complexity index is 902. The third-order valence-electron chi connectivity index (χ3n) is 5.13. The van der Waals surface area contributed by atoms with Crippen LogP contribution >= 0.6 is 0 Å². The topological polar surface area (TPSA) is 76.9 Å². The molecule has 0 radical (unpaired) electrons. The van der Waals surface area contributed by atoms with E-state index in [0.717, 1.165) is 19.6 Å². The van der Waals surface area contributed by atoms with Crippen molar-refractivity contribution < 1.29 is 14.3 Å². The van der Waals surface area contributed by atoms with Gasteiger partial charge in [0.2, 0.25) is 5.91 Å². The predicted octanol–water partition coefficient (Wildman–Crippen LogP) is 1.74. The summed E-state index contributed by atoms with van der Waals surface area (Å²) in [5, 5.41) is 9.08. The summed E-state index contributed by atoms with van der Waals surface area (Å²) in [6, 6.07) is 19.1. The molecule has 1 saturated heterocycles. The molecule has 1 fully saturated rings. The highest BCUT2D eigenvalue weighted by Crippen LogP contribution is 2.16. The number of ether oxygens (including phenoxy) is 1. The molecule has 0 saturated carbocycles. The zero-order valence-corrected chi connectivity index (χ0v) is 17.2. The number of hydrogen-bond acceptors (Lipinski definition) is 5. The maximum atomic E-state index is 12.6. The zero-order valence-electron chi connectivity index (χ0n) is 17.2. The number of benzene rings is 2. The average molecular weight is 406 g/mol. The monoisotopic (exact) mass is 406 g/mol. The van der Waals surface area contributed by atoms with Gasteiger partial charge in [-0.25, -0.2) is 0 Å². The summed E-state index contributed by atoms with van der Waals surface area (Å²) >= 11 is 0. The van der Waals surface area contributed by atoms with Crippen LogP contribution < -0.4 is 4.74 Å². The molecule has 1 heterocycles. The van der Waals surface area contributed by atoms with E-state index in [1.807, 2.05) is 24.3 Å². The normalized spacial score (nSPS) is 14.1. The van der Waals surface area contributed by atoms with Gasteiger partial charge in [-0.1, -0.05) is 42.5 Å². The first-order chi connectivity index (χ1) is 14.6. The SMILES string of the molecule is CN(CC(=O)N1CCN(Cc2ccccc2)CC1)C(=O)COc1ccccc1C#N. The average Bonchev–Trinajstić information content (AvgIpc) is 2.78. The number of hydrogen-bond donors (Lipinski definition) is 0. The van der Waals surface area contributed by atoms with Gasteiger partial charge in [-0.2, -0.15) is 5.26 Å². The largest absolute Gasteiger partial charge is 0.482 e. The molecular formula is C23H26N4O3. The molecule has 2 aromatic rings. The second-order valence-electron chi connectivity index (χ2n) is 7.29. The van der Waals surface area contributed by atoms with Crippen LogP contribution in [0.15, 0.2) is 54.6 Å². The summed E-state index contributed by atoms with van der Waals surface area (Å²) in [4.78, 5) is 30.4. The summed E-state index contributed by atoms with van der Waals surface area (Å²) in [5.41, 5.74) is 1.64. The van der Waals surface area contributed by atoms with Crippen LogP contribution in [0.25, 0.3) is 0 Å². The Morgan fingerprint density at radius 2 is 1.70 bits per heavy atom. The van der Waals surface area contributed by atoms with Crippen LogP contribution in [-0.2, 0) is 16.1 Å². The number of para-hydroxylation sites is 1. The van der Waals surface area contributed by atoms with E-state index in [4.69, 9.17) is 10.00 Å². The molecule has 0 aliphatic carbocycles. The first-order valence-corrected chi connectivity index (χ1v) is 9.97. The number of amides is 2. The quantitative estimate of drug-likeness (QED) is 0.700. The van der Waals surface area contributed by atoms with Gasteiger partial charge in [0.05, 0.1) is 12.1 Å². The fourth-order valence-corrected chi connectivity index (χ4v) is 3.32. The molecular weight excluding hydrogens is 380 g/mol. The Morgan fingerprint density at radius 1 is 1.03 bits per heavy atom. The number of rotatable bonds is 7. The third kappa shape index (κ3) is 5.82. The van der Waals surface area contributed by atoms with Crippen LogP contribution in [-0.4, -0.2) is 72.9 Å². The molecule has 1 aliphatic rings. The minimum atomic E-state index is -0.307. The Kier molecular flexibility index (Phi) is 7.41. The molecule has 30 heavy (non-hydrogen) atoms. The molecule has 156 valence electrons. The highest BCUT2D eigenvalue weighted by atomic mass is 16.5. The minimum Gasteiger partial charge on any atom is -0.482 e. The van der Waals surface area contributed by atoms with Crippen molar-refractivity contribution in [3.05, 3.63) is 65.7 Å². The van der Waals surface area contributed by atoms with Gasteiger partial charge in [0, 0.05) is 39.8 Å². The molecule has 0 unspecified atom stereocenters. The number of piperazine rings is 1. The van der Waals surface area contributed by atoms with Crippen LogP contribution in [0, 0.1) is 11.3 Å². The minimum absolute atomic E-state index is 0.0147. The molecule has 7 nitrogen and oxygen atoms in total. The molecule has 7 heteroatoms. The number of likely N-dealkylation sites (N-methyl/N-ethyl adjacent to an activating group) is 1. The summed E-state index contributed by atoms with van der Waals surface area (Å²) in [6.07, 6.45) is 0. The van der Waals surface area contributed by atoms with Crippen LogP contribution in [0.3, 0.4) is 0 Å². The molecule has 2 amide bonds. The lowest BCUT2D eigenvalue weighted by atomic mass is 10.2. The third-order valence-corrected chi connectivity index (χ3v) is 5.13. The summed E-state index contributed by atoms with van der Waals surface area (Å²) < 4.78 is 5.46.